The van der Waals surface area contributed by atoms with Crippen molar-refractivity contribution in [2.75, 3.05) is 13.1 Å². The van der Waals surface area contributed by atoms with Crippen molar-refractivity contribution in [3.8, 4) is 23.1 Å². The Morgan fingerprint density at radius 1 is 0.795 bits per heavy atom. The first-order valence-electron chi connectivity index (χ1n) is 15.0. The van der Waals surface area contributed by atoms with Crippen LogP contribution in [0.1, 0.15) is 87.2 Å². The summed E-state index contributed by atoms with van der Waals surface area (Å²) in [6, 6.07) is 14.3. The standard InChI is InChI=1S/C34H34N6O2.2H2S/c1-21(41)39-19-33(11-12-33)16-29(39)31-35-18-28(38-31)25-8-5-23(6-9-25)3-4-24-7-10-26-27(15-24)37-32(36-26)30-17-34(13-14-34)20-40(30)22(2)42;;/h5-10,15,18,29-30H,11-14,16-17,19-20H2,1-2H3,(H,35,38)(H,36,37);2*1H2/t29-,30-;;/m0../s1. The van der Waals surface area contributed by atoms with Crippen LogP contribution in [0, 0.1) is 22.7 Å². The smallest absolute Gasteiger partial charge is 0.220 e. The number of hydrogen-bond donors (Lipinski definition) is 2. The third kappa shape index (κ3) is 5.41. The molecule has 2 aromatic heterocycles. The zero-order chi connectivity index (χ0) is 28.6. The Morgan fingerprint density at radius 2 is 1.36 bits per heavy atom. The Bertz CT molecular complexity index is 1810. The van der Waals surface area contributed by atoms with Gasteiger partial charge in [-0.1, -0.05) is 24.0 Å². The number of aromatic amines is 2. The summed E-state index contributed by atoms with van der Waals surface area (Å²) < 4.78 is 0. The van der Waals surface area contributed by atoms with E-state index in [1.165, 1.54) is 25.7 Å². The molecule has 2 N–H and O–H groups in total. The van der Waals surface area contributed by atoms with Crippen LogP contribution in [0.4, 0.5) is 0 Å². The maximum atomic E-state index is 12.3. The number of benzene rings is 2. The fourth-order valence-corrected chi connectivity index (χ4v) is 7.14. The molecule has 0 unspecified atom stereocenters. The van der Waals surface area contributed by atoms with Crippen molar-refractivity contribution in [1.82, 2.24) is 29.7 Å². The number of fused-ring (bicyclic) bond motifs is 1. The minimum Gasteiger partial charge on any atom is -0.340 e. The van der Waals surface area contributed by atoms with E-state index in [1.54, 1.807) is 13.8 Å². The summed E-state index contributed by atoms with van der Waals surface area (Å²) in [5, 5.41) is 0. The van der Waals surface area contributed by atoms with E-state index in [2.05, 4.69) is 38.9 Å². The fraction of sp³-hybridized carbons (Fsp3) is 0.412. The molecule has 2 aliphatic carbocycles. The predicted octanol–water partition coefficient (Wildman–Crippen LogP) is 5.73. The molecule has 4 fully saturated rings. The molecule has 4 aliphatic rings. The Morgan fingerprint density at radius 3 is 1.95 bits per heavy atom. The zero-order valence-corrected chi connectivity index (χ0v) is 27.0. The lowest BCUT2D eigenvalue weighted by molar-refractivity contribution is -0.130. The average molecular weight is 627 g/mol. The molecule has 2 amide bonds. The highest BCUT2D eigenvalue weighted by atomic mass is 32.1. The van der Waals surface area contributed by atoms with Crippen molar-refractivity contribution in [3.63, 3.8) is 0 Å². The van der Waals surface area contributed by atoms with Gasteiger partial charge in [-0.25, -0.2) is 9.97 Å². The molecule has 2 saturated carbocycles. The maximum absolute atomic E-state index is 12.3. The molecule has 2 aliphatic heterocycles. The topological polar surface area (TPSA) is 98.0 Å². The minimum absolute atomic E-state index is 0. The Hall–Kier alpha value is -3.68. The molecule has 2 saturated heterocycles. The number of amides is 2. The molecular formula is C34H38N6O2S2. The molecule has 8 nitrogen and oxygen atoms in total. The number of rotatable bonds is 3. The van der Waals surface area contributed by atoms with E-state index in [9.17, 15) is 9.59 Å². The summed E-state index contributed by atoms with van der Waals surface area (Å²) in [6.45, 7) is 5.02. The largest absolute Gasteiger partial charge is 0.340 e. The van der Waals surface area contributed by atoms with Gasteiger partial charge in [-0.2, -0.15) is 27.0 Å². The van der Waals surface area contributed by atoms with Gasteiger partial charge in [0.1, 0.15) is 11.6 Å². The Balaban J connectivity index is 0.00000171. The summed E-state index contributed by atoms with van der Waals surface area (Å²) in [4.78, 5) is 45.0. The van der Waals surface area contributed by atoms with E-state index in [0.29, 0.717) is 10.8 Å². The first-order chi connectivity index (χ1) is 20.3. The molecule has 0 bridgehead atoms. The van der Waals surface area contributed by atoms with Gasteiger partial charge in [-0.15, -0.1) is 0 Å². The van der Waals surface area contributed by atoms with Crippen molar-refractivity contribution in [3.05, 3.63) is 71.4 Å². The molecule has 4 aromatic rings. The van der Waals surface area contributed by atoms with E-state index < -0.39 is 0 Å². The van der Waals surface area contributed by atoms with E-state index in [-0.39, 0.29) is 50.9 Å². The van der Waals surface area contributed by atoms with Gasteiger partial charge in [0.15, 0.2) is 0 Å². The fourth-order valence-electron chi connectivity index (χ4n) is 7.14. The number of hydrogen-bond acceptors (Lipinski definition) is 4. The number of likely N-dealkylation sites (tertiary alicyclic amines) is 2. The van der Waals surface area contributed by atoms with Gasteiger partial charge >= 0.3 is 0 Å². The second kappa shape index (κ2) is 11.0. The summed E-state index contributed by atoms with van der Waals surface area (Å²) in [5.41, 5.74) is 6.30. The van der Waals surface area contributed by atoms with Crippen molar-refractivity contribution in [2.45, 2.75) is 64.5 Å². The van der Waals surface area contributed by atoms with Crippen molar-refractivity contribution in [1.29, 1.82) is 0 Å². The monoisotopic (exact) mass is 626 g/mol. The maximum Gasteiger partial charge on any atom is 0.220 e. The van der Waals surface area contributed by atoms with Crippen LogP contribution in [-0.2, 0) is 9.59 Å². The summed E-state index contributed by atoms with van der Waals surface area (Å²) in [6.07, 6.45) is 8.69. The number of nitrogens with zero attached hydrogens (tertiary/aromatic N) is 4. The number of carbonyl (C=O) groups is 2. The molecule has 2 spiro atoms. The summed E-state index contributed by atoms with van der Waals surface area (Å²) in [5.74, 6) is 8.57. The van der Waals surface area contributed by atoms with Gasteiger partial charge in [-0.3, -0.25) is 9.59 Å². The van der Waals surface area contributed by atoms with Crippen molar-refractivity contribution < 1.29 is 9.59 Å². The first kappa shape index (κ1) is 30.4. The third-order valence-electron chi connectivity index (χ3n) is 10.0. The number of nitrogens with one attached hydrogen (secondary N) is 2. The van der Waals surface area contributed by atoms with Crippen LogP contribution in [0.15, 0.2) is 48.7 Å². The number of imidazole rings is 2. The quantitative estimate of drug-likeness (QED) is 0.284. The van der Waals surface area contributed by atoms with E-state index in [0.717, 1.165) is 71.0 Å². The highest BCUT2D eigenvalue weighted by Gasteiger charge is 2.54. The van der Waals surface area contributed by atoms with Gasteiger partial charge in [0.2, 0.25) is 11.8 Å². The van der Waals surface area contributed by atoms with Crippen LogP contribution in [-0.4, -0.2) is 54.6 Å². The highest BCUT2D eigenvalue weighted by molar-refractivity contribution is 7.59. The lowest BCUT2D eigenvalue weighted by Crippen LogP contribution is -2.29. The van der Waals surface area contributed by atoms with Crippen LogP contribution in [0.3, 0.4) is 0 Å². The van der Waals surface area contributed by atoms with Gasteiger partial charge in [0.25, 0.3) is 0 Å². The number of H-pyrrole nitrogens is 2. The molecule has 8 rings (SSSR count). The van der Waals surface area contributed by atoms with Gasteiger partial charge in [0, 0.05) is 38.1 Å². The SMILES string of the molecule is CC(=O)N1CC2(CC2)C[C@H]1c1ncc(-c2ccc(C#Cc3ccc4nc([C@@H]5CC6(CC6)CN5C(C)=O)[nH]c4c3)cc2)[nH]1.S.S. The van der Waals surface area contributed by atoms with Gasteiger partial charge in [-0.05, 0) is 85.3 Å². The third-order valence-corrected chi connectivity index (χ3v) is 10.0. The summed E-state index contributed by atoms with van der Waals surface area (Å²) >= 11 is 0. The minimum atomic E-state index is 0. The van der Waals surface area contributed by atoms with Crippen molar-refractivity contribution in [2.24, 2.45) is 10.8 Å². The van der Waals surface area contributed by atoms with Crippen LogP contribution in [0.5, 0.6) is 0 Å². The second-order valence-electron chi connectivity index (χ2n) is 13.1. The summed E-state index contributed by atoms with van der Waals surface area (Å²) in [7, 11) is 0. The van der Waals surface area contributed by atoms with Gasteiger partial charge < -0.3 is 19.8 Å². The molecule has 2 aromatic carbocycles. The molecular weight excluding hydrogens is 589 g/mol. The van der Waals surface area contributed by atoms with E-state index in [4.69, 9.17) is 4.98 Å². The van der Waals surface area contributed by atoms with Crippen LogP contribution < -0.4 is 0 Å². The molecule has 228 valence electrons. The Kier molecular flexibility index (Phi) is 7.61. The van der Waals surface area contributed by atoms with Crippen LogP contribution in [0.25, 0.3) is 22.3 Å². The van der Waals surface area contributed by atoms with E-state index in [1.807, 2.05) is 46.3 Å². The Labute approximate surface area is 271 Å². The lowest BCUT2D eigenvalue weighted by atomic mass is 10.0. The molecule has 0 radical (unpaired) electrons. The van der Waals surface area contributed by atoms with Gasteiger partial charge in [0.05, 0.1) is 35.0 Å². The second-order valence-corrected chi connectivity index (χ2v) is 13.1. The molecule has 4 heterocycles. The zero-order valence-electron chi connectivity index (χ0n) is 25.0. The highest BCUT2D eigenvalue weighted by Crippen LogP contribution is 2.59. The van der Waals surface area contributed by atoms with Crippen LogP contribution >= 0.6 is 27.0 Å². The number of carbonyl (C=O) groups excluding carboxylic acids is 2. The van der Waals surface area contributed by atoms with E-state index >= 15 is 0 Å². The molecule has 2 atom stereocenters. The predicted molar refractivity (Wildman–Crippen MR) is 180 cm³/mol. The number of aromatic nitrogens is 4. The first-order valence-corrected chi connectivity index (χ1v) is 15.0. The molecule has 10 heteroatoms. The normalized spacial score (nSPS) is 22.0. The molecule has 44 heavy (non-hydrogen) atoms. The van der Waals surface area contributed by atoms with Crippen molar-refractivity contribution >= 4 is 49.8 Å². The van der Waals surface area contributed by atoms with Crippen LogP contribution in [0.2, 0.25) is 0 Å². The average Bonchev–Trinajstić information content (AvgIpc) is 3.59. The lowest BCUT2D eigenvalue weighted by Gasteiger charge is -2.21.